The lowest BCUT2D eigenvalue weighted by Gasteiger charge is -2.33. The molecule has 22 nitrogen and oxygen atoms in total. The highest BCUT2D eigenvalue weighted by atomic mass is 31.2. The number of imidazole rings is 1. The molecule has 0 radical (unpaired) electrons. The van der Waals surface area contributed by atoms with Crippen LogP contribution in [-0.2, 0) is 46.2 Å². The highest BCUT2D eigenvalue weighted by Crippen LogP contribution is 2.57. The SMILES string of the molecule is N=C1N=C2C(N=CN2[C@@H]2O[C@@H]3COP(=O)(O)OC4[C@@H]5OC[C@]4(COP(=O)(O)O[C@H]2C3)O[C@H]5n2cnc3c(N)ncnc32)C(=O)N1. The van der Waals surface area contributed by atoms with Gasteiger partial charge in [0.2, 0.25) is 5.96 Å². The first-order chi connectivity index (χ1) is 21.4. The highest BCUT2D eigenvalue weighted by molar-refractivity contribution is 7.47. The number of carbonyl (C=O) groups excluding carboxylic acids is 1. The maximum absolute atomic E-state index is 13.4. The number of amidine groups is 1. The Morgan fingerprint density at radius 3 is 2.78 bits per heavy atom. The minimum atomic E-state index is -4.91. The lowest BCUT2D eigenvalue weighted by atomic mass is 10.0. The summed E-state index contributed by atoms with van der Waals surface area (Å²) >= 11 is 0. The normalized spacial score (nSPS) is 42.9. The second-order valence-corrected chi connectivity index (χ2v) is 13.7. The number of fused-ring (bicyclic) bond motifs is 4. The number of hydrogen-bond donors (Lipinski definition) is 5. The molecule has 8 heterocycles. The van der Waals surface area contributed by atoms with Crippen molar-refractivity contribution in [2.24, 2.45) is 9.98 Å². The van der Waals surface area contributed by atoms with Gasteiger partial charge in [-0.3, -0.25) is 48.1 Å². The summed E-state index contributed by atoms with van der Waals surface area (Å²) in [4.78, 5) is 55.6. The van der Waals surface area contributed by atoms with Crippen LogP contribution in [0.2, 0.25) is 0 Å². The molecule has 45 heavy (non-hydrogen) atoms. The van der Waals surface area contributed by atoms with E-state index in [1.165, 1.54) is 28.5 Å². The number of nitrogens with one attached hydrogen (secondary N) is 2. The fourth-order valence-electron chi connectivity index (χ4n) is 6.07. The number of anilines is 1. The molecule has 8 rings (SSSR count). The van der Waals surface area contributed by atoms with Gasteiger partial charge in [0, 0.05) is 6.42 Å². The number of phosphoric acid groups is 2. The van der Waals surface area contributed by atoms with Gasteiger partial charge in [-0.15, -0.1) is 0 Å². The van der Waals surface area contributed by atoms with Gasteiger partial charge in [0.15, 0.2) is 35.8 Å². The first kappa shape index (κ1) is 29.2. The first-order valence-electron chi connectivity index (χ1n) is 13.4. The number of amides is 1. The van der Waals surface area contributed by atoms with Crippen molar-refractivity contribution in [3.05, 3.63) is 12.7 Å². The van der Waals surface area contributed by atoms with Crippen molar-refractivity contribution in [2.45, 2.75) is 54.9 Å². The number of hydrogen-bond acceptors (Lipinski definition) is 17. The monoisotopic (exact) mass is 670 g/mol. The fourth-order valence-corrected chi connectivity index (χ4v) is 8.06. The minimum Gasteiger partial charge on any atom is -0.382 e. The summed E-state index contributed by atoms with van der Waals surface area (Å²) in [5.41, 5.74) is 4.77. The number of guanidine groups is 1. The molecular formula is C21H24N10O12P2. The zero-order valence-corrected chi connectivity index (χ0v) is 24.5. The van der Waals surface area contributed by atoms with Crippen LogP contribution in [-0.4, -0.2) is 120 Å². The maximum Gasteiger partial charge on any atom is 0.472 e. The molecule has 1 amide bonds. The molecule has 4 bridgehead atoms. The van der Waals surface area contributed by atoms with E-state index in [1.807, 2.05) is 0 Å². The maximum atomic E-state index is 13.4. The van der Waals surface area contributed by atoms with Gasteiger partial charge in [0.1, 0.15) is 35.8 Å². The largest absolute Gasteiger partial charge is 0.472 e. The molecule has 0 aromatic carbocycles. The Balaban J connectivity index is 1.09. The third kappa shape index (κ3) is 4.81. The van der Waals surface area contributed by atoms with Crippen LogP contribution in [0.15, 0.2) is 22.6 Å². The summed E-state index contributed by atoms with van der Waals surface area (Å²) in [5.74, 6) is -0.904. The molecule has 0 saturated carbocycles. The predicted octanol–water partition coefficient (Wildman–Crippen LogP) is -1.62. The van der Waals surface area contributed by atoms with E-state index in [0.717, 1.165) is 0 Å². The van der Waals surface area contributed by atoms with Crippen molar-refractivity contribution < 1.29 is 56.0 Å². The number of nitrogens with zero attached hydrogens (tertiary/aromatic N) is 7. The van der Waals surface area contributed by atoms with Crippen molar-refractivity contribution in [3.63, 3.8) is 0 Å². The molecule has 2 aromatic heterocycles. The highest BCUT2D eigenvalue weighted by Gasteiger charge is 2.66. The molecule has 24 heteroatoms. The molecule has 6 aliphatic rings. The molecule has 4 unspecified atom stereocenters. The molecule has 4 fully saturated rings. The quantitative estimate of drug-likeness (QED) is 0.224. The van der Waals surface area contributed by atoms with Crippen LogP contribution in [0, 0.1) is 5.41 Å². The van der Waals surface area contributed by atoms with Gasteiger partial charge in [0.05, 0.1) is 38.6 Å². The third-order valence-corrected chi connectivity index (χ3v) is 9.99. The number of nitrogens with two attached hydrogens (primary N) is 1. The Kier molecular flexibility index (Phi) is 6.55. The van der Waals surface area contributed by atoms with Crippen LogP contribution in [0.3, 0.4) is 0 Å². The van der Waals surface area contributed by atoms with Gasteiger partial charge in [-0.2, -0.15) is 4.99 Å². The summed E-state index contributed by atoms with van der Waals surface area (Å²) in [6.07, 6.45) is -3.10. The van der Waals surface area contributed by atoms with Gasteiger partial charge in [-0.05, 0) is 0 Å². The zero-order valence-electron chi connectivity index (χ0n) is 22.7. The summed E-state index contributed by atoms with van der Waals surface area (Å²) in [6.45, 7) is -1.43. The topological polar surface area (TPSA) is 290 Å². The van der Waals surface area contributed by atoms with E-state index in [-0.39, 0.29) is 35.8 Å². The number of ether oxygens (including phenoxy) is 3. The van der Waals surface area contributed by atoms with Gasteiger partial charge >= 0.3 is 15.6 Å². The Labute approximate surface area is 251 Å². The van der Waals surface area contributed by atoms with Crippen LogP contribution in [0.1, 0.15) is 12.6 Å². The minimum absolute atomic E-state index is 0.0233. The number of phosphoric ester groups is 2. The average molecular weight is 670 g/mol. The molecule has 10 atom stereocenters. The Bertz CT molecular complexity index is 1770. The Hall–Kier alpha value is -3.27. The van der Waals surface area contributed by atoms with Crippen molar-refractivity contribution in [2.75, 3.05) is 25.6 Å². The number of aliphatic imine (C=N–C) groups is 2. The van der Waals surface area contributed by atoms with Crippen LogP contribution in [0.25, 0.3) is 11.2 Å². The van der Waals surface area contributed by atoms with E-state index in [1.54, 1.807) is 0 Å². The summed E-state index contributed by atoms with van der Waals surface area (Å²) in [6, 6.07) is -1.08. The van der Waals surface area contributed by atoms with Crippen LogP contribution < -0.4 is 11.1 Å². The molecule has 0 aliphatic carbocycles. The number of aromatic nitrogens is 4. The second kappa shape index (κ2) is 10.1. The third-order valence-electron chi connectivity index (χ3n) is 8.03. The lowest BCUT2D eigenvalue weighted by molar-refractivity contribution is -0.184. The summed E-state index contributed by atoms with van der Waals surface area (Å²) < 4.78 is 68.1. The van der Waals surface area contributed by atoms with Crippen molar-refractivity contribution in [3.8, 4) is 0 Å². The van der Waals surface area contributed by atoms with Crippen LogP contribution >= 0.6 is 15.6 Å². The summed E-state index contributed by atoms with van der Waals surface area (Å²) in [5, 5.41) is 10.0. The molecule has 6 aliphatic heterocycles. The number of nitrogen functional groups attached to an aromatic ring is 1. The van der Waals surface area contributed by atoms with E-state index < -0.39 is 89.2 Å². The first-order valence-corrected chi connectivity index (χ1v) is 16.4. The van der Waals surface area contributed by atoms with Crippen LogP contribution in [0.5, 0.6) is 0 Å². The average Bonchev–Trinajstić information content (AvgIpc) is 3.79. The van der Waals surface area contributed by atoms with E-state index in [2.05, 4.69) is 30.3 Å². The van der Waals surface area contributed by atoms with E-state index in [0.29, 0.717) is 0 Å². The smallest absolute Gasteiger partial charge is 0.382 e. The van der Waals surface area contributed by atoms with E-state index >= 15 is 0 Å². The van der Waals surface area contributed by atoms with Gasteiger partial charge in [-0.1, -0.05) is 0 Å². The fraction of sp³-hybridized carbons (Fsp3) is 0.571. The second-order valence-electron chi connectivity index (χ2n) is 10.9. The Morgan fingerprint density at radius 2 is 1.93 bits per heavy atom. The van der Waals surface area contributed by atoms with Crippen molar-refractivity contribution in [1.82, 2.24) is 29.7 Å². The zero-order chi connectivity index (χ0) is 31.3. The number of carbonyl (C=O) groups is 1. The predicted molar refractivity (Wildman–Crippen MR) is 144 cm³/mol. The molecule has 240 valence electrons. The molecule has 4 saturated heterocycles. The van der Waals surface area contributed by atoms with Crippen LogP contribution in [0.4, 0.5) is 5.82 Å². The Morgan fingerprint density at radius 1 is 1.11 bits per heavy atom. The molecular weight excluding hydrogens is 646 g/mol. The molecule has 0 spiro atoms. The van der Waals surface area contributed by atoms with Gasteiger partial charge in [-0.25, -0.2) is 24.1 Å². The van der Waals surface area contributed by atoms with Crippen molar-refractivity contribution in [1.29, 1.82) is 5.41 Å². The standard InChI is InChI=1S/C21H24N10O12P2/c22-14-10-15(25-5-24-14)30(6-26-10)19-12-13-21(41-19,3-37-12)4-39-45(35,36)42-9-1-8(2-38-44(33,34)43-13)40-18(9)31-7-27-11-16(31)28-20(23)29-17(11)32/h5-9,11-13,18-19H,1-4H2,(H,33,34)(H,35,36)(H2,22,24,25)(H2,23,29,32)/t8-,9-,11?,12-,13?,18+,19+,21+/m0/s1. The van der Waals surface area contributed by atoms with Gasteiger partial charge in [0.25, 0.3) is 5.91 Å². The molecule has 6 N–H and O–H groups in total. The van der Waals surface area contributed by atoms with E-state index in [4.69, 9.17) is 43.4 Å². The van der Waals surface area contributed by atoms with Gasteiger partial charge < -0.3 is 29.7 Å². The lowest BCUT2D eigenvalue weighted by Crippen LogP contribution is -2.52. The van der Waals surface area contributed by atoms with E-state index in [9.17, 15) is 23.7 Å². The van der Waals surface area contributed by atoms with Crippen molar-refractivity contribution >= 4 is 56.7 Å². The number of rotatable bonds is 2. The summed E-state index contributed by atoms with van der Waals surface area (Å²) in [7, 11) is -9.77. The molecule has 2 aromatic rings.